The molecule has 8 heteroatoms. The maximum atomic E-state index is 11.8. The average Bonchev–Trinajstić information content (AvgIpc) is 2.46. The van der Waals surface area contributed by atoms with Crippen LogP contribution >= 0.6 is 34.8 Å². The summed E-state index contributed by atoms with van der Waals surface area (Å²) in [6.07, 6.45) is 0.873. The van der Waals surface area contributed by atoms with E-state index in [9.17, 15) is 9.59 Å². The summed E-state index contributed by atoms with van der Waals surface area (Å²) in [5, 5.41) is 5.39. The summed E-state index contributed by atoms with van der Waals surface area (Å²) in [6, 6.07) is 6.48. The molecule has 0 aliphatic rings. The SMILES string of the molecule is CCCCOC(=O)c1ccc(N[C@@H](NC(C)=O)C(Cl)(Cl)Cl)cc1. The lowest BCUT2D eigenvalue weighted by Gasteiger charge is -2.26. The van der Waals surface area contributed by atoms with Gasteiger partial charge in [-0.25, -0.2) is 4.79 Å². The van der Waals surface area contributed by atoms with Crippen LogP contribution in [0.2, 0.25) is 0 Å². The van der Waals surface area contributed by atoms with Crippen LogP contribution in [0.25, 0.3) is 0 Å². The third kappa shape index (κ3) is 7.29. The highest BCUT2D eigenvalue weighted by atomic mass is 35.6. The monoisotopic (exact) mass is 380 g/mol. The first-order chi connectivity index (χ1) is 10.7. The first-order valence-corrected chi connectivity index (χ1v) is 8.25. The number of carbonyl (C=O) groups excluding carboxylic acids is 2. The number of carbonyl (C=O) groups is 2. The van der Waals surface area contributed by atoms with Crippen molar-refractivity contribution < 1.29 is 14.3 Å². The number of unbranched alkanes of at least 4 members (excludes halogenated alkanes) is 1. The molecular formula is C15H19Cl3N2O3. The van der Waals surface area contributed by atoms with Crippen molar-refractivity contribution in [3.63, 3.8) is 0 Å². The Morgan fingerprint density at radius 1 is 1.22 bits per heavy atom. The lowest BCUT2D eigenvalue weighted by Crippen LogP contribution is -2.48. The van der Waals surface area contributed by atoms with E-state index in [1.807, 2.05) is 6.92 Å². The van der Waals surface area contributed by atoms with E-state index in [0.29, 0.717) is 17.9 Å². The predicted octanol–water partition coefficient (Wildman–Crippen LogP) is 3.89. The van der Waals surface area contributed by atoms with E-state index in [0.717, 1.165) is 12.8 Å². The molecule has 5 nitrogen and oxygen atoms in total. The van der Waals surface area contributed by atoms with Gasteiger partial charge in [-0.15, -0.1) is 0 Å². The molecule has 0 unspecified atom stereocenters. The molecule has 0 bridgehead atoms. The topological polar surface area (TPSA) is 67.4 Å². The number of hydrogen-bond acceptors (Lipinski definition) is 4. The maximum absolute atomic E-state index is 11.8. The Hall–Kier alpha value is -1.17. The molecule has 1 aromatic carbocycles. The van der Waals surface area contributed by atoms with Crippen molar-refractivity contribution in [3.8, 4) is 0 Å². The minimum Gasteiger partial charge on any atom is -0.462 e. The Labute approximate surface area is 150 Å². The van der Waals surface area contributed by atoms with Crippen molar-refractivity contribution in [1.29, 1.82) is 0 Å². The van der Waals surface area contributed by atoms with E-state index >= 15 is 0 Å². The van der Waals surface area contributed by atoms with Gasteiger partial charge in [0.05, 0.1) is 12.2 Å². The standard InChI is InChI=1S/C15H19Cl3N2O3/c1-3-4-9-23-13(22)11-5-7-12(8-6-11)20-14(15(16,17)18)19-10(2)21/h5-8,14,20H,3-4,9H2,1-2H3,(H,19,21)/t14-/m1/s1. The number of nitrogens with one attached hydrogen (secondary N) is 2. The number of rotatable bonds is 7. The number of ether oxygens (including phenoxy) is 1. The number of amides is 1. The fourth-order valence-corrected chi connectivity index (χ4v) is 1.99. The highest BCUT2D eigenvalue weighted by Crippen LogP contribution is 2.31. The van der Waals surface area contributed by atoms with Gasteiger partial charge in [0.2, 0.25) is 9.70 Å². The summed E-state index contributed by atoms with van der Waals surface area (Å²) in [7, 11) is 0. The van der Waals surface area contributed by atoms with E-state index in [4.69, 9.17) is 39.5 Å². The second-order valence-corrected chi connectivity index (χ2v) is 7.26. The van der Waals surface area contributed by atoms with Crippen LogP contribution in [0.15, 0.2) is 24.3 Å². The highest BCUT2D eigenvalue weighted by molar-refractivity contribution is 6.68. The van der Waals surface area contributed by atoms with Gasteiger partial charge in [0.1, 0.15) is 6.17 Å². The van der Waals surface area contributed by atoms with Crippen LogP contribution in [-0.2, 0) is 9.53 Å². The molecule has 1 rings (SSSR count). The summed E-state index contributed by atoms with van der Waals surface area (Å²) in [5.74, 6) is -0.727. The summed E-state index contributed by atoms with van der Waals surface area (Å²) in [6.45, 7) is 3.73. The molecule has 23 heavy (non-hydrogen) atoms. The summed E-state index contributed by atoms with van der Waals surface area (Å²) < 4.78 is 3.38. The Kier molecular flexibility index (Phi) is 7.95. The van der Waals surface area contributed by atoms with Crippen LogP contribution in [0.5, 0.6) is 0 Å². The predicted molar refractivity (Wildman–Crippen MR) is 93.1 cm³/mol. The lowest BCUT2D eigenvalue weighted by atomic mass is 10.2. The number of esters is 1. The van der Waals surface area contributed by atoms with E-state index in [-0.39, 0.29) is 11.9 Å². The van der Waals surface area contributed by atoms with Crippen LogP contribution in [0, 0.1) is 0 Å². The zero-order valence-corrected chi connectivity index (χ0v) is 15.1. The Morgan fingerprint density at radius 3 is 2.30 bits per heavy atom. The quantitative estimate of drug-likeness (QED) is 0.325. The van der Waals surface area contributed by atoms with Crippen LogP contribution in [0.1, 0.15) is 37.0 Å². The molecule has 0 fully saturated rings. The molecule has 1 amide bonds. The van der Waals surface area contributed by atoms with E-state index in [1.54, 1.807) is 24.3 Å². The van der Waals surface area contributed by atoms with Crippen LogP contribution < -0.4 is 10.6 Å². The minimum absolute atomic E-state index is 0.343. The molecule has 128 valence electrons. The van der Waals surface area contributed by atoms with E-state index in [1.165, 1.54) is 6.92 Å². The molecule has 0 aromatic heterocycles. The molecular weight excluding hydrogens is 363 g/mol. The second kappa shape index (κ2) is 9.21. The zero-order chi connectivity index (χ0) is 17.5. The van der Waals surface area contributed by atoms with Crippen molar-refractivity contribution in [3.05, 3.63) is 29.8 Å². The molecule has 0 heterocycles. The van der Waals surface area contributed by atoms with Gasteiger partial charge in [-0.1, -0.05) is 48.1 Å². The Balaban J connectivity index is 2.71. The number of anilines is 1. The van der Waals surface area contributed by atoms with Crippen molar-refractivity contribution in [1.82, 2.24) is 5.32 Å². The fraction of sp³-hybridized carbons (Fsp3) is 0.467. The molecule has 1 aromatic rings. The maximum Gasteiger partial charge on any atom is 0.338 e. The summed E-state index contributed by atoms with van der Waals surface area (Å²) in [4.78, 5) is 23.0. The van der Waals surface area contributed by atoms with Crippen molar-refractivity contribution in [2.75, 3.05) is 11.9 Å². The second-order valence-electron chi connectivity index (χ2n) is 4.89. The first kappa shape index (κ1) is 19.9. The minimum atomic E-state index is -1.73. The van der Waals surface area contributed by atoms with Crippen molar-refractivity contribution in [2.45, 2.75) is 36.6 Å². The average molecular weight is 382 g/mol. The molecule has 0 aliphatic carbocycles. The highest BCUT2D eigenvalue weighted by Gasteiger charge is 2.33. The van der Waals surface area contributed by atoms with Gasteiger partial charge in [0, 0.05) is 12.6 Å². The number of alkyl halides is 3. The lowest BCUT2D eigenvalue weighted by molar-refractivity contribution is -0.119. The van der Waals surface area contributed by atoms with Crippen LogP contribution in [0.4, 0.5) is 5.69 Å². The van der Waals surface area contributed by atoms with Gasteiger partial charge < -0.3 is 15.4 Å². The van der Waals surface area contributed by atoms with Gasteiger partial charge in [-0.3, -0.25) is 4.79 Å². The van der Waals surface area contributed by atoms with Gasteiger partial charge in [0.15, 0.2) is 0 Å². The van der Waals surface area contributed by atoms with Crippen LogP contribution in [-0.4, -0.2) is 28.4 Å². The van der Waals surface area contributed by atoms with Gasteiger partial charge in [-0.2, -0.15) is 0 Å². The van der Waals surface area contributed by atoms with E-state index < -0.39 is 9.96 Å². The molecule has 0 radical (unpaired) electrons. The molecule has 0 aliphatic heterocycles. The Bertz CT molecular complexity index is 530. The summed E-state index contributed by atoms with van der Waals surface area (Å²) >= 11 is 17.5. The van der Waals surface area contributed by atoms with Gasteiger partial charge in [0.25, 0.3) is 0 Å². The molecule has 0 spiro atoms. The largest absolute Gasteiger partial charge is 0.462 e. The fourth-order valence-electron chi connectivity index (χ4n) is 1.66. The Morgan fingerprint density at radius 2 is 1.83 bits per heavy atom. The normalized spacial score (nSPS) is 12.4. The van der Waals surface area contributed by atoms with E-state index in [2.05, 4.69) is 10.6 Å². The molecule has 0 saturated heterocycles. The third-order valence-electron chi connectivity index (χ3n) is 2.84. The molecule has 0 saturated carbocycles. The van der Waals surface area contributed by atoms with Crippen molar-refractivity contribution >= 4 is 52.4 Å². The summed E-state index contributed by atoms with van der Waals surface area (Å²) in [5.41, 5.74) is 1.01. The number of halogens is 3. The molecule has 2 N–H and O–H groups in total. The number of hydrogen-bond donors (Lipinski definition) is 2. The number of benzene rings is 1. The van der Waals surface area contributed by atoms with Gasteiger partial charge >= 0.3 is 5.97 Å². The first-order valence-electron chi connectivity index (χ1n) is 7.11. The van der Waals surface area contributed by atoms with Crippen LogP contribution in [0.3, 0.4) is 0 Å². The van der Waals surface area contributed by atoms with Gasteiger partial charge in [-0.05, 0) is 30.7 Å². The molecule has 1 atom stereocenters. The van der Waals surface area contributed by atoms with Crippen molar-refractivity contribution in [2.24, 2.45) is 0 Å². The third-order valence-corrected chi connectivity index (χ3v) is 3.49. The smallest absolute Gasteiger partial charge is 0.338 e. The zero-order valence-electron chi connectivity index (χ0n) is 12.9.